The molecule has 8 heteroatoms. The van der Waals surface area contributed by atoms with E-state index in [2.05, 4.69) is 45.3 Å². The van der Waals surface area contributed by atoms with Crippen LogP contribution in [0.15, 0.2) is 36.4 Å². The van der Waals surface area contributed by atoms with Gasteiger partial charge in [0.1, 0.15) is 18.2 Å². The van der Waals surface area contributed by atoms with Crippen molar-refractivity contribution in [3.05, 3.63) is 53.3 Å². The topological polar surface area (TPSA) is 49.7 Å². The van der Waals surface area contributed by atoms with E-state index >= 15 is 0 Å². The highest BCUT2D eigenvalue weighted by molar-refractivity contribution is 7.97. The highest BCUT2D eigenvalue weighted by Gasteiger charge is 2.32. The Morgan fingerprint density at radius 3 is 2.69 bits per heavy atom. The first-order valence-corrected chi connectivity index (χ1v) is 15.4. The highest BCUT2D eigenvalue weighted by atomic mass is 32.2. The third kappa shape index (κ3) is 5.43. The predicted molar refractivity (Wildman–Crippen MR) is 157 cm³/mol. The van der Waals surface area contributed by atoms with Gasteiger partial charge in [-0.15, -0.1) is 0 Å². The molecule has 2 aliphatic heterocycles. The van der Waals surface area contributed by atoms with Crippen LogP contribution in [0, 0.1) is 5.82 Å². The third-order valence-electron chi connectivity index (χ3n) is 8.81. The number of likely N-dealkylation sites (N-methyl/N-ethyl adjacent to an activating group) is 2. The van der Waals surface area contributed by atoms with Gasteiger partial charge in [0.15, 0.2) is 0 Å². The Bertz CT molecular complexity index is 1350. The maximum Gasteiger partial charge on any atom is 0.261 e. The molecule has 0 saturated heterocycles. The van der Waals surface area contributed by atoms with Gasteiger partial charge < -0.3 is 14.2 Å². The predicted octanol–water partition coefficient (Wildman–Crippen LogP) is 5.90. The lowest BCUT2D eigenvalue weighted by Crippen LogP contribution is -2.44. The molecule has 1 saturated carbocycles. The average Bonchev–Trinajstić information content (AvgIpc) is 3.25. The van der Waals surface area contributed by atoms with Gasteiger partial charge in [-0.1, -0.05) is 37.3 Å². The molecule has 0 radical (unpaired) electrons. The van der Waals surface area contributed by atoms with Crippen molar-refractivity contribution in [1.29, 1.82) is 0 Å². The summed E-state index contributed by atoms with van der Waals surface area (Å²) >= 11 is 1.49. The normalized spacial score (nSPS) is 22.3. The zero-order chi connectivity index (χ0) is 26.9. The van der Waals surface area contributed by atoms with E-state index in [4.69, 9.17) is 4.74 Å². The SMILES string of the molecule is CN1CCCSNC(=O)c2ccc3c(C4CCCCC4)c4n(c3c2)C[C@H](COc2ccc(F)cc2-4)N(C)CC1. The van der Waals surface area contributed by atoms with E-state index < -0.39 is 0 Å². The van der Waals surface area contributed by atoms with Gasteiger partial charge in [0.05, 0.1) is 11.7 Å². The van der Waals surface area contributed by atoms with Crippen LogP contribution in [-0.4, -0.2) is 72.4 Å². The van der Waals surface area contributed by atoms with Crippen LogP contribution in [0.1, 0.15) is 60.4 Å². The molecule has 0 unspecified atom stereocenters. The molecule has 2 aromatic carbocycles. The monoisotopic (exact) mass is 550 g/mol. The van der Waals surface area contributed by atoms with Crippen molar-refractivity contribution in [2.75, 3.05) is 46.1 Å². The zero-order valence-corrected chi connectivity index (χ0v) is 23.9. The summed E-state index contributed by atoms with van der Waals surface area (Å²) in [5.41, 5.74) is 4.90. The van der Waals surface area contributed by atoms with Crippen molar-refractivity contribution in [2.24, 2.45) is 0 Å². The Morgan fingerprint density at radius 1 is 1.00 bits per heavy atom. The summed E-state index contributed by atoms with van der Waals surface area (Å²) < 4.78 is 26.7. The van der Waals surface area contributed by atoms with Gasteiger partial charge >= 0.3 is 0 Å². The summed E-state index contributed by atoms with van der Waals surface area (Å²) in [4.78, 5) is 17.9. The van der Waals surface area contributed by atoms with Crippen molar-refractivity contribution in [3.63, 3.8) is 0 Å². The van der Waals surface area contributed by atoms with Crippen molar-refractivity contribution in [3.8, 4) is 17.0 Å². The Hall–Kier alpha value is -2.55. The lowest BCUT2D eigenvalue weighted by atomic mass is 9.81. The summed E-state index contributed by atoms with van der Waals surface area (Å²) in [6.07, 6.45) is 6.96. The Morgan fingerprint density at radius 2 is 1.85 bits per heavy atom. The number of aromatic nitrogens is 1. The van der Waals surface area contributed by atoms with E-state index in [1.165, 1.54) is 48.2 Å². The van der Waals surface area contributed by atoms with Crippen LogP contribution < -0.4 is 9.46 Å². The van der Waals surface area contributed by atoms with Gasteiger partial charge in [-0.25, -0.2) is 4.39 Å². The Kier molecular flexibility index (Phi) is 7.87. The Labute approximate surface area is 235 Å². The molecule has 6 rings (SSSR count). The van der Waals surface area contributed by atoms with Gasteiger partial charge in [0.25, 0.3) is 5.91 Å². The van der Waals surface area contributed by atoms with E-state index in [9.17, 15) is 9.18 Å². The smallest absolute Gasteiger partial charge is 0.261 e. The van der Waals surface area contributed by atoms with E-state index in [0.717, 1.165) is 67.2 Å². The van der Waals surface area contributed by atoms with E-state index in [-0.39, 0.29) is 17.8 Å². The molecule has 208 valence electrons. The van der Waals surface area contributed by atoms with Crippen LogP contribution in [0.5, 0.6) is 5.75 Å². The number of hydrogen-bond acceptors (Lipinski definition) is 5. The number of hydrogen-bond donors (Lipinski definition) is 1. The maximum atomic E-state index is 14.8. The van der Waals surface area contributed by atoms with Gasteiger partial charge in [0, 0.05) is 47.4 Å². The number of rotatable bonds is 1. The fraction of sp³-hybridized carbons (Fsp3) is 0.516. The van der Waals surface area contributed by atoms with Crippen molar-refractivity contribution < 1.29 is 13.9 Å². The quantitative estimate of drug-likeness (QED) is 0.382. The lowest BCUT2D eigenvalue weighted by Gasteiger charge is -2.33. The number of benzene rings is 2. The standard InChI is InChI=1S/C31H39FN4O2S/c1-34-13-6-16-39-33-31(37)22-9-11-25-27(17-22)36-19-24(35(2)15-14-34)20-38-28-12-10-23(32)18-26(28)30(36)29(25)21-7-4-3-5-8-21/h9-12,17-18,21,24H,3-8,13-16,19-20H2,1-2H3,(H,33,37)/t24-/m1/s1. The van der Waals surface area contributed by atoms with Crippen LogP contribution >= 0.6 is 11.9 Å². The molecule has 6 nitrogen and oxygen atoms in total. The molecule has 3 heterocycles. The minimum Gasteiger partial charge on any atom is -0.491 e. The Balaban J connectivity index is 1.57. The number of halogens is 1. The van der Waals surface area contributed by atoms with E-state index in [0.29, 0.717) is 24.6 Å². The van der Waals surface area contributed by atoms with Gasteiger partial charge in [-0.05, 0) is 81.7 Å². The largest absolute Gasteiger partial charge is 0.491 e. The summed E-state index contributed by atoms with van der Waals surface area (Å²) in [6, 6.07) is 11.2. The molecule has 4 bridgehead atoms. The van der Waals surface area contributed by atoms with Gasteiger partial charge in [-0.3, -0.25) is 14.4 Å². The second-order valence-corrected chi connectivity index (χ2v) is 12.4. The molecule has 1 atom stereocenters. The first-order valence-electron chi connectivity index (χ1n) is 14.4. The highest BCUT2D eigenvalue weighted by Crippen LogP contribution is 2.47. The van der Waals surface area contributed by atoms with Crippen molar-refractivity contribution in [1.82, 2.24) is 19.1 Å². The first kappa shape index (κ1) is 26.7. The minimum absolute atomic E-state index is 0.0635. The number of nitrogens with one attached hydrogen (secondary N) is 1. The first-order chi connectivity index (χ1) is 19.0. The third-order valence-corrected chi connectivity index (χ3v) is 9.63. The number of carbonyl (C=O) groups excluding carboxylic acids is 1. The molecule has 1 aromatic heterocycles. The zero-order valence-electron chi connectivity index (χ0n) is 23.0. The fourth-order valence-corrected chi connectivity index (χ4v) is 7.16. The molecule has 3 aliphatic rings. The molecular formula is C31H39FN4O2S. The number of nitrogens with zero attached hydrogens (tertiary/aromatic N) is 3. The van der Waals surface area contributed by atoms with E-state index in [1.807, 2.05) is 6.07 Å². The minimum atomic E-state index is -0.257. The summed E-state index contributed by atoms with van der Waals surface area (Å²) in [5.74, 6) is 1.69. The number of carbonyl (C=O) groups is 1. The number of fused-ring (bicyclic) bond motifs is 4. The molecule has 3 aromatic rings. The van der Waals surface area contributed by atoms with Crippen molar-refractivity contribution >= 4 is 28.8 Å². The molecule has 39 heavy (non-hydrogen) atoms. The average molecular weight is 551 g/mol. The molecule has 1 amide bonds. The molecule has 1 N–H and O–H groups in total. The van der Waals surface area contributed by atoms with Crippen LogP contribution in [0.4, 0.5) is 4.39 Å². The number of amides is 1. The van der Waals surface area contributed by atoms with Gasteiger partial charge in [0.2, 0.25) is 0 Å². The summed E-state index contributed by atoms with van der Waals surface area (Å²) in [5, 5.41) is 1.18. The second kappa shape index (κ2) is 11.5. The lowest BCUT2D eigenvalue weighted by molar-refractivity contribution is 0.0984. The molecule has 1 aliphatic carbocycles. The van der Waals surface area contributed by atoms with E-state index in [1.54, 1.807) is 12.1 Å². The number of ether oxygens (including phenoxy) is 1. The van der Waals surface area contributed by atoms with Gasteiger partial charge in [-0.2, -0.15) is 0 Å². The van der Waals surface area contributed by atoms with Crippen LogP contribution in [0.2, 0.25) is 0 Å². The molecular weight excluding hydrogens is 511 g/mol. The maximum absolute atomic E-state index is 14.8. The van der Waals surface area contributed by atoms with Crippen LogP contribution in [0.25, 0.3) is 22.2 Å². The molecule has 1 fully saturated rings. The van der Waals surface area contributed by atoms with Crippen LogP contribution in [-0.2, 0) is 6.54 Å². The van der Waals surface area contributed by atoms with Crippen LogP contribution in [0.3, 0.4) is 0 Å². The summed E-state index contributed by atoms with van der Waals surface area (Å²) in [7, 11) is 4.34. The second-order valence-electron chi connectivity index (χ2n) is 11.5. The fourth-order valence-electron chi connectivity index (χ4n) is 6.54. The summed E-state index contributed by atoms with van der Waals surface area (Å²) in [6.45, 7) is 4.12. The molecule has 0 spiro atoms. The van der Waals surface area contributed by atoms with Crippen molar-refractivity contribution in [2.45, 2.75) is 57.0 Å².